The van der Waals surface area contributed by atoms with Crippen LogP contribution < -0.4 is 5.73 Å². The number of nitrogens with zero attached hydrogens (tertiary/aromatic N) is 4. The Balaban J connectivity index is 2.04. The van der Waals surface area contributed by atoms with Gasteiger partial charge < -0.3 is 10.3 Å². The van der Waals surface area contributed by atoms with Crippen LogP contribution in [-0.4, -0.2) is 19.5 Å². The molecule has 3 aromatic heterocycles. The second kappa shape index (κ2) is 4.08. The van der Waals surface area contributed by atoms with Crippen LogP contribution >= 0.6 is 27.3 Å². The molecule has 17 heavy (non-hydrogen) atoms. The van der Waals surface area contributed by atoms with Crippen molar-refractivity contribution in [1.29, 1.82) is 0 Å². The van der Waals surface area contributed by atoms with E-state index in [-0.39, 0.29) is 0 Å². The Morgan fingerprint density at radius 1 is 1.35 bits per heavy atom. The fourth-order valence-electron chi connectivity index (χ4n) is 1.62. The van der Waals surface area contributed by atoms with Gasteiger partial charge in [-0.05, 0) is 22.0 Å². The van der Waals surface area contributed by atoms with Crippen LogP contribution in [-0.2, 0) is 6.54 Å². The molecule has 0 aliphatic carbocycles. The summed E-state index contributed by atoms with van der Waals surface area (Å²) in [5.41, 5.74) is 7.16. The molecule has 0 radical (unpaired) electrons. The highest BCUT2D eigenvalue weighted by atomic mass is 79.9. The molecule has 0 aliphatic heterocycles. The summed E-state index contributed by atoms with van der Waals surface area (Å²) in [4.78, 5) is 13.6. The Bertz CT molecular complexity index is 674. The Labute approximate surface area is 109 Å². The normalized spacial score (nSPS) is 11.1. The number of rotatable bonds is 2. The molecule has 3 heterocycles. The van der Waals surface area contributed by atoms with Crippen LogP contribution in [0.5, 0.6) is 0 Å². The summed E-state index contributed by atoms with van der Waals surface area (Å²) in [6.07, 6.45) is 3.20. The third kappa shape index (κ3) is 1.91. The van der Waals surface area contributed by atoms with Gasteiger partial charge >= 0.3 is 0 Å². The molecule has 0 atom stereocenters. The highest BCUT2D eigenvalue weighted by Crippen LogP contribution is 2.22. The highest BCUT2D eigenvalue weighted by Gasteiger charge is 2.08. The van der Waals surface area contributed by atoms with E-state index in [0.717, 1.165) is 16.7 Å². The van der Waals surface area contributed by atoms with E-state index in [0.29, 0.717) is 11.3 Å². The highest BCUT2D eigenvalue weighted by molar-refractivity contribution is 9.10. The predicted molar refractivity (Wildman–Crippen MR) is 70.9 cm³/mol. The molecular formula is C10H8BrN5S. The molecule has 0 aromatic carbocycles. The van der Waals surface area contributed by atoms with E-state index in [1.807, 2.05) is 4.57 Å². The van der Waals surface area contributed by atoms with Crippen LogP contribution in [0.3, 0.4) is 0 Å². The minimum absolute atomic E-state index is 0.418. The second-order valence-corrected chi connectivity index (χ2v) is 5.45. The van der Waals surface area contributed by atoms with Crippen molar-refractivity contribution in [3.8, 4) is 0 Å². The molecule has 86 valence electrons. The predicted octanol–water partition coefficient (Wildman–Crippen LogP) is 2.28. The van der Waals surface area contributed by atoms with Gasteiger partial charge in [-0.2, -0.15) is 0 Å². The second-order valence-electron chi connectivity index (χ2n) is 3.53. The minimum atomic E-state index is 0.418. The summed E-state index contributed by atoms with van der Waals surface area (Å²) in [7, 11) is 0. The zero-order chi connectivity index (χ0) is 11.8. The van der Waals surface area contributed by atoms with E-state index >= 15 is 0 Å². The van der Waals surface area contributed by atoms with Gasteiger partial charge in [0.05, 0.1) is 12.9 Å². The summed E-state index contributed by atoms with van der Waals surface area (Å²) < 4.78 is 3.06. The number of nitrogen functional groups attached to an aromatic ring is 1. The third-order valence-corrected chi connectivity index (χ3v) is 4.06. The number of halogens is 1. The van der Waals surface area contributed by atoms with Crippen molar-refractivity contribution in [1.82, 2.24) is 19.5 Å². The monoisotopic (exact) mass is 309 g/mol. The van der Waals surface area contributed by atoms with Gasteiger partial charge in [-0.3, -0.25) is 0 Å². The zero-order valence-corrected chi connectivity index (χ0v) is 11.1. The Morgan fingerprint density at radius 3 is 3.00 bits per heavy atom. The molecule has 0 amide bonds. The maximum absolute atomic E-state index is 5.74. The van der Waals surface area contributed by atoms with Crippen molar-refractivity contribution >= 4 is 44.2 Å². The summed E-state index contributed by atoms with van der Waals surface area (Å²) in [5, 5.41) is 2.05. The fraction of sp³-hybridized carbons (Fsp3) is 0.100. The van der Waals surface area contributed by atoms with Crippen molar-refractivity contribution in [3.05, 3.63) is 33.5 Å². The number of hydrogen-bond acceptors (Lipinski definition) is 5. The standard InChI is InChI=1S/C10H8BrN5S/c11-6-1-7(17-3-6)2-16-5-15-8-9(12)13-4-14-10(8)16/h1,3-5H,2H2,(H2,12,13,14). The maximum Gasteiger partial charge on any atom is 0.165 e. The van der Waals surface area contributed by atoms with Crippen LogP contribution in [0, 0.1) is 0 Å². The molecule has 0 saturated heterocycles. The van der Waals surface area contributed by atoms with Crippen LogP contribution in [0.2, 0.25) is 0 Å². The van der Waals surface area contributed by atoms with Gasteiger partial charge in [0.15, 0.2) is 11.5 Å². The van der Waals surface area contributed by atoms with E-state index in [1.165, 1.54) is 11.2 Å². The zero-order valence-electron chi connectivity index (χ0n) is 8.67. The third-order valence-electron chi connectivity index (χ3n) is 2.38. The minimum Gasteiger partial charge on any atom is -0.382 e. The number of imidazole rings is 1. The van der Waals surface area contributed by atoms with Gasteiger partial charge in [0.25, 0.3) is 0 Å². The molecule has 3 rings (SSSR count). The van der Waals surface area contributed by atoms with Crippen LogP contribution in [0.25, 0.3) is 11.2 Å². The van der Waals surface area contributed by atoms with Crippen molar-refractivity contribution in [2.75, 3.05) is 5.73 Å². The van der Waals surface area contributed by atoms with Gasteiger partial charge in [0.1, 0.15) is 11.8 Å². The van der Waals surface area contributed by atoms with Gasteiger partial charge in [-0.15, -0.1) is 11.3 Å². The first-order valence-corrected chi connectivity index (χ1v) is 6.55. The van der Waals surface area contributed by atoms with E-state index in [2.05, 4.69) is 42.3 Å². The summed E-state index contributed by atoms with van der Waals surface area (Å²) in [6, 6.07) is 2.08. The molecule has 2 N–H and O–H groups in total. The Hall–Kier alpha value is -1.47. The van der Waals surface area contributed by atoms with Crippen LogP contribution in [0.15, 0.2) is 28.6 Å². The van der Waals surface area contributed by atoms with E-state index in [1.54, 1.807) is 17.7 Å². The maximum atomic E-state index is 5.74. The average Bonchev–Trinajstić information content (AvgIpc) is 2.88. The lowest BCUT2D eigenvalue weighted by atomic mass is 10.4. The summed E-state index contributed by atoms with van der Waals surface area (Å²) in [6.45, 7) is 0.739. The first kappa shape index (κ1) is 10.7. The van der Waals surface area contributed by atoms with Crippen molar-refractivity contribution in [2.45, 2.75) is 6.54 Å². The smallest absolute Gasteiger partial charge is 0.165 e. The number of aromatic nitrogens is 4. The molecule has 0 aliphatic rings. The summed E-state index contributed by atoms with van der Waals surface area (Å²) >= 11 is 5.13. The van der Waals surface area contributed by atoms with Gasteiger partial charge in [0, 0.05) is 14.7 Å². The SMILES string of the molecule is Nc1ncnc2c1ncn2Cc1cc(Br)cs1. The van der Waals surface area contributed by atoms with Crippen LogP contribution in [0.4, 0.5) is 5.82 Å². The summed E-state index contributed by atoms with van der Waals surface area (Å²) in [5.74, 6) is 0.418. The quantitative estimate of drug-likeness (QED) is 0.788. The molecular weight excluding hydrogens is 302 g/mol. The van der Waals surface area contributed by atoms with Crippen LogP contribution in [0.1, 0.15) is 4.88 Å². The van der Waals surface area contributed by atoms with E-state index in [4.69, 9.17) is 5.73 Å². The molecule has 0 spiro atoms. The Kier molecular flexibility index (Phi) is 2.56. The number of thiophene rings is 1. The number of nitrogens with two attached hydrogens (primary N) is 1. The van der Waals surface area contributed by atoms with E-state index < -0.39 is 0 Å². The largest absolute Gasteiger partial charge is 0.382 e. The van der Waals surface area contributed by atoms with Crippen molar-refractivity contribution < 1.29 is 0 Å². The number of anilines is 1. The molecule has 3 aromatic rings. The van der Waals surface area contributed by atoms with Gasteiger partial charge in [-0.25, -0.2) is 15.0 Å². The van der Waals surface area contributed by atoms with Crippen molar-refractivity contribution in [3.63, 3.8) is 0 Å². The molecule has 0 unspecified atom stereocenters. The Morgan fingerprint density at radius 2 is 2.24 bits per heavy atom. The molecule has 7 heteroatoms. The topological polar surface area (TPSA) is 69.6 Å². The lowest BCUT2D eigenvalue weighted by Gasteiger charge is -2.00. The lowest BCUT2D eigenvalue weighted by molar-refractivity contribution is 0.826. The average molecular weight is 310 g/mol. The number of fused-ring (bicyclic) bond motifs is 1. The number of hydrogen-bond donors (Lipinski definition) is 1. The molecule has 0 fully saturated rings. The van der Waals surface area contributed by atoms with Crippen molar-refractivity contribution in [2.24, 2.45) is 0 Å². The lowest BCUT2D eigenvalue weighted by Crippen LogP contribution is -1.99. The molecule has 0 saturated carbocycles. The van der Waals surface area contributed by atoms with Gasteiger partial charge in [-0.1, -0.05) is 0 Å². The first-order valence-electron chi connectivity index (χ1n) is 4.88. The fourth-order valence-corrected chi connectivity index (χ4v) is 3.07. The van der Waals surface area contributed by atoms with Gasteiger partial charge in [0.2, 0.25) is 0 Å². The first-order chi connectivity index (χ1) is 8.24. The molecule has 0 bridgehead atoms. The van der Waals surface area contributed by atoms with E-state index in [9.17, 15) is 0 Å². The molecule has 5 nitrogen and oxygen atoms in total.